The van der Waals surface area contributed by atoms with Gasteiger partial charge in [0.2, 0.25) is 10.0 Å². The molecule has 0 amide bonds. The van der Waals surface area contributed by atoms with Gasteiger partial charge >= 0.3 is 0 Å². The minimum atomic E-state index is -3.81. The molecule has 2 N–H and O–H groups in total. The first-order chi connectivity index (χ1) is 9.85. The summed E-state index contributed by atoms with van der Waals surface area (Å²) in [7, 11) is -0.921. The van der Waals surface area contributed by atoms with E-state index in [1.165, 1.54) is 19.2 Å². The first-order valence-corrected chi connectivity index (χ1v) is 8.20. The summed E-state index contributed by atoms with van der Waals surface area (Å²) in [6, 6.07) is 2.45. The average Bonchev–Trinajstić information content (AvgIpc) is 2.43. The lowest BCUT2D eigenvalue weighted by atomic mass is 10.2. The van der Waals surface area contributed by atoms with Crippen LogP contribution in [0.2, 0.25) is 5.02 Å². The van der Waals surface area contributed by atoms with Crippen molar-refractivity contribution >= 4 is 21.6 Å². The second-order valence-corrected chi connectivity index (χ2v) is 6.68. The Kier molecular flexibility index (Phi) is 6.89. The van der Waals surface area contributed by atoms with Gasteiger partial charge in [0.25, 0.3) is 0 Å². The lowest BCUT2D eigenvalue weighted by molar-refractivity contribution is 0.188. The Labute approximate surface area is 130 Å². The summed E-state index contributed by atoms with van der Waals surface area (Å²) in [5.74, 6) is 0.0911. The SMILES string of the molecule is COCCC(C)NS(=O)(=O)c1cc(Cl)cc(CO)c1OC. The molecule has 0 aliphatic rings. The number of aliphatic hydroxyl groups is 1. The molecular formula is C13H20ClNO5S. The monoisotopic (exact) mass is 337 g/mol. The fourth-order valence-electron chi connectivity index (χ4n) is 1.85. The Balaban J connectivity index is 3.15. The highest BCUT2D eigenvalue weighted by Gasteiger charge is 2.24. The van der Waals surface area contributed by atoms with E-state index in [0.29, 0.717) is 18.6 Å². The van der Waals surface area contributed by atoms with Crippen molar-refractivity contribution < 1.29 is 23.0 Å². The summed E-state index contributed by atoms with van der Waals surface area (Å²) in [4.78, 5) is -0.0918. The molecule has 1 aromatic carbocycles. The van der Waals surface area contributed by atoms with E-state index >= 15 is 0 Å². The van der Waals surface area contributed by atoms with Gasteiger partial charge in [-0.05, 0) is 25.5 Å². The first kappa shape index (κ1) is 18.2. The van der Waals surface area contributed by atoms with E-state index in [-0.39, 0.29) is 28.3 Å². The third kappa shape index (κ3) is 4.82. The molecule has 0 bridgehead atoms. The van der Waals surface area contributed by atoms with Gasteiger partial charge in [0.05, 0.1) is 13.7 Å². The number of hydrogen-bond donors (Lipinski definition) is 2. The normalized spacial score (nSPS) is 13.2. The van der Waals surface area contributed by atoms with Crippen LogP contribution in [-0.4, -0.2) is 40.4 Å². The molecule has 0 radical (unpaired) electrons. The van der Waals surface area contributed by atoms with Crippen LogP contribution in [0.5, 0.6) is 5.75 Å². The molecule has 21 heavy (non-hydrogen) atoms. The van der Waals surface area contributed by atoms with E-state index in [4.69, 9.17) is 21.1 Å². The van der Waals surface area contributed by atoms with Gasteiger partial charge in [0.15, 0.2) is 0 Å². The lowest BCUT2D eigenvalue weighted by Gasteiger charge is -2.17. The van der Waals surface area contributed by atoms with Crippen LogP contribution >= 0.6 is 11.6 Å². The van der Waals surface area contributed by atoms with Gasteiger partial charge in [-0.1, -0.05) is 11.6 Å². The third-order valence-electron chi connectivity index (χ3n) is 2.87. The molecule has 8 heteroatoms. The summed E-state index contributed by atoms with van der Waals surface area (Å²) in [5, 5.41) is 9.50. The van der Waals surface area contributed by atoms with Gasteiger partial charge in [0.1, 0.15) is 10.6 Å². The number of sulfonamides is 1. The predicted molar refractivity (Wildman–Crippen MR) is 80.2 cm³/mol. The topological polar surface area (TPSA) is 84.9 Å². The molecule has 0 aliphatic carbocycles. The molecule has 0 heterocycles. The number of benzene rings is 1. The number of methoxy groups -OCH3 is 2. The fraction of sp³-hybridized carbons (Fsp3) is 0.538. The number of nitrogens with one attached hydrogen (secondary N) is 1. The summed E-state index contributed by atoms with van der Waals surface area (Å²) >= 11 is 5.91. The number of rotatable bonds is 8. The highest BCUT2D eigenvalue weighted by atomic mass is 35.5. The van der Waals surface area contributed by atoms with Crippen LogP contribution in [0, 0.1) is 0 Å². The largest absolute Gasteiger partial charge is 0.495 e. The smallest absolute Gasteiger partial charge is 0.244 e. The van der Waals surface area contributed by atoms with E-state index in [1.54, 1.807) is 14.0 Å². The Morgan fingerprint density at radius 2 is 2.05 bits per heavy atom. The van der Waals surface area contributed by atoms with E-state index in [2.05, 4.69) is 4.72 Å². The number of hydrogen-bond acceptors (Lipinski definition) is 5. The number of aliphatic hydroxyl groups excluding tert-OH is 1. The summed E-state index contributed by atoms with van der Waals surface area (Å²) in [5.41, 5.74) is 0.315. The molecule has 1 aromatic rings. The molecular weight excluding hydrogens is 318 g/mol. The van der Waals surface area contributed by atoms with Gasteiger partial charge in [-0.25, -0.2) is 13.1 Å². The van der Waals surface area contributed by atoms with Crippen LogP contribution in [0.4, 0.5) is 0 Å². The van der Waals surface area contributed by atoms with Crippen molar-refractivity contribution in [2.45, 2.75) is 30.9 Å². The standard InChI is InChI=1S/C13H20ClNO5S/c1-9(4-5-19-2)15-21(17,18)12-7-11(14)6-10(8-16)13(12)20-3/h6-7,9,15-16H,4-5,8H2,1-3H3. The molecule has 1 rings (SSSR count). The van der Waals surface area contributed by atoms with Gasteiger partial charge < -0.3 is 14.6 Å². The molecule has 0 fully saturated rings. The quantitative estimate of drug-likeness (QED) is 0.751. The lowest BCUT2D eigenvalue weighted by Crippen LogP contribution is -2.33. The zero-order valence-electron chi connectivity index (χ0n) is 12.2. The highest BCUT2D eigenvalue weighted by molar-refractivity contribution is 7.89. The van der Waals surface area contributed by atoms with Crippen LogP contribution in [0.3, 0.4) is 0 Å². The molecule has 0 saturated carbocycles. The summed E-state index contributed by atoms with van der Waals surface area (Å²) < 4.78 is 37.4. The highest BCUT2D eigenvalue weighted by Crippen LogP contribution is 2.31. The van der Waals surface area contributed by atoms with Crippen molar-refractivity contribution in [3.05, 3.63) is 22.7 Å². The van der Waals surface area contributed by atoms with Gasteiger partial charge in [-0.15, -0.1) is 0 Å². The Morgan fingerprint density at radius 3 is 2.57 bits per heavy atom. The minimum absolute atomic E-state index is 0.0911. The fourth-order valence-corrected chi connectivity index (χ4v) is 3.67. The second-order valence-electron chi connectivity index (χ2n) is 4.56. The first-order valence-electron chi connectivity index (χ1n) is 6.34. The van der Waals surface area contributed by atoms with Crippen LogP contribution in [0.15, 0.2) is 17.0 Å². The molecule has 6 nitrogen and oxygen atoms in total. The van der Waals surface area contributed by atoms with E-state index in [0.717, 1.165) is 0 Å². The average molecular weight is 338 g/mol. The van der Waals surface area contributed by atoms with Crippen LogP contribution in [0.25, 0.3) is 0 Å². The van der Waals surface area contributed by atoms with Crippen LogP contribution in [0.1, 0.15) is 18.9 Å². The molecule has 120 valence electrons. The van der Waals surface area contributed by atoms with Crippen molar-refractivity contribution in [1.29, 1.82) is 0 Å². The number of halogens is 1. The molecule has 0 spiro atoms. The Hall–Kier alpha value is -0.860. The molecule has 1 unspecified atom stereocenters. The zero-order valence-corrected chi connectivity index (χ0v) is 13.8. The van der Waals surface area contributed by atoms with Crippen molar-refractivity contribution in [3.63, 3.8) is 0 Å². The van der Waals surface area contributed by atoms with E-state index in [9.17, 15) is 13.5 Å². The van der Waals surface area contributed by atoms with Gasteiger partial charge in [-0.3, -0.25) is 0 Å². The predicted octanol–water partition coefficient (Wildman–Crippen LogP) is 1.54. The van der Waals surface area contributed by atoms with E-state index in [1.807, 2.05) is 0 Å². The van der Waals surface area contributed by atoms with Crippen LogP contribution < -0.4 is 9.46 Å². The van der Waals surface area contributed by atoms with Gasteiger partial charge in [0, 0.05) is 30.3 Å². The van der Waals surface area contributed by atoms with Crippen LogP contribution in [-0.2, 0) is 21.4 Å². The Bertz CT molecular complexity index is 576. The Morgan fingerprint density at radius 1 is 1.38 bits per heavy atom. The summed E-state index contributed by atoms with van der Waals surface area (Å²) in [6.45, 7) is 1.81. The zero-order chi connectivity index (χ0) is 16.0. The minimum Gasteiger partial charge on any atom is -0.495 e. The maximum Gasteiger partial charge on any atom is 0.244 e. The third-order valence-corrected chi connectivity index (χ3v) is 4.69. The second kappa shape index (κ2) is 7.95. The summed E-state index contributed by atoms with van der Waals surface area (Å²) in [6.07, 6.45) is 0.533. The number of ether oxygens (including phenoxy) is 2. The van der Waals surface area contributed by atoms with Crippen molar-refractivity contribution in [2.75, 3.05) is 20.8 Å². The molecule has 1 atom stereocenters. The molecule has 0 saturated heterocycles. The molecule has 0 aliphatic heterocycles. The van der Waals surface area contributed by atoms with Gasteiger partial charge in [-0.2, -0.15) is 0 Å². The van der Waals surface area contributed by atoms with E-state index < -0.39 is 10.0 Å². The molecule has 0 aromatic heterocycles. The maximum absolute atomic E-state index is 12.4. The van der Waals surface area contributed by atoms with Crippen molar-refractivity contribution in [2.24, 2.45) is 0 Å². The van der Waals surface area contributed by atoms with Crippen molar-refractivity contribution in [1.82, 2.24) is 4.72 Å². The van der Waals surface area contributed by atoms with Crippen molar-refractivity contribution in [3.8, 4) is 5.75 Å². The maximum atomic E-state index is 12.4.